The summed E-state index contributed by atoms with van der Waals surface area (Å²) in [6, 6.07) is 5.93. The van der Waals surface area contributed by atoms with Crippen LogP contribution in [0.1, 0.15) is 15.4 Å². The number of rotatable bonds is 4. The molecule has 0 spiro atoms. The highest BCUT2D eigenvalue weighted by molar-refractivity contribution is 7.08. The molecule has 0 unspecified atom stereocenters. The van der Waals surface area contributed by atoms with Gasteiger partial charge >= 0.3 is 0 Å². The van der Waals surface area contributed by atoms with Crippen LogP contribution in [0, 0.1) is 6.92 Å². The molecule has 3 aromatic heterocycles. The minimum Gasteiger partial charge on any atom is -0.353 e. The summed E-state index contributed by atoms with van der Waals surface area (Å²) in [5.41, 5.74) is 1.16. The van der Waals surface area contributed by atoms with Gasteiger partial charge in [-0.2, -0.15) is 0 Å². The SMILES string of the molecule is Cc1nnsc1C(=O)Nc1cnc(N2CCN(c3ccccn3)CC2)nc1. The lowest BCUT2D eigenvalue weighted by molar-refractivity contribution is 0.102. The van der Waals surface area contributed by atoms with Crippen molar-refractivity contribution in [2.45, 2.75) is 6.92 Å². The van der Waals surface area contributed by atoms with Gasteiger partial charge in [0.25, 0.3) is 5.91 Å². The van der Waals surface area contributed by atoms with Crippen LogP contribution in [0.3, 0.4) is 0 Å². The Balaban J connectivity index is 1.36. The molecule has 4 rings (SSSR count). The summed E-state index contributed by atoms with van der Waals surface area (Å²) in [7, 11) is 0. The lowest BCUT2D eigenvalue weighted by Gasteiger charge is -2.35. The van der Waals surface area contributed by atoms with Crippen molar-refractivity contribution in [3.05, 3.63) is 47.4 Å². The van der Waals surface area contributed by atoms with Gasteiger partial charge in [0.15, 0.2) is 0 Å². The van der Waals surface area contributed by atoms with Crippen LogP contribution >= 0.6 is 11.5 Å². The summed E-state index contributed by atoms with van der Waals surface area (Å²) in [6.07, 6.45) is 5.05. The number of carbonyl (C=O) groups excluding carboxylic acids is 1. The van der Waals surface area contributed by atoms with Crippen molar-refractivity contribution in [3.8, 4) is 0 Å². The lowest BCUT2D eigenvalue weighted by Crippen LogP contribution is -2.47. The Labute approximate surface area is 160 Å². The molecule has 9 nitrogen and oxygen atoms in total. The third kappa shape index (κ3) is 3.85. The molecule has 0 radical (unpaired) electrons. The molecule has 0 atom stereocenters. The van der Waals surface area contributed by atoms with E-state index in [4.69, 9.17) is 0 Å². The lowest BCUT2D eigenvalue weighted by atomic mass is 10.3. The maximum absolute atomic E-state index is 12.2. The quantitative estimate of drug-likeness (QED) is 0.726. The number of carbonyl (C=O) groups is 1. The maximum Gasteiger partial charge on any atom is 0.269 e. The minimum absolute atomic E-state index is 0.247. The zero-order valence-electron chi connectivity index (χ0n) is 14.7. The molecular weight excluding hydrogens is 364 g/mol. The first-order valence-corrected chi connectivity index (χ1v) is 9.31. The highest BCUT2D eigenvalue weighted by atomic mass is 32.1. The van der Waals surface area contributed by atoms with Crippen molar-refractivity contribution in [2.75, 3.05) is 41.3 Å². The normalized spacial score (nSPS) is 14.3. The van der Waals surface area contributed by atoms with E-state index in [1.165, 1.54) is 0 Å². The van der Waals surface area contributed by atoms with Crippen LogP contribution in [0.4, 0.5) is 17.5 Å². The van der Waals surface area contributed by atoms with Gasteiger partial charge in [-0.05, 0) is 30.6 Å². The number of anilines is 3. The Morgan fingerprint density at radius 1 is 1.07 bits per heavy atom. The Morgan fingerprint density at radius 2 is 1.81 bits per heavy atom. The predicted octanol–water partition coefficient (Wildman–Crippen LogP) is 1.61. The smallest absolute Gasteiger partial charge is 0.269 e. The first kappa shape index (κ1) is 17.3. The molecule has 1 fully saturated rings. The van der Waals surface area contributed by atoms with Gasteiger partial charge in [-0.1, -0.05) is 10.6 Å². The third-order valence-electron chi connectivity index (χ3n) is 4.29. The number of hydrogen-bond donors (Lipinski definition) is 1. The van der Waals surface area contributed by atoms with Gasteiger partial charge in [0, 0.05) is 32.4 Å². The molecule has 1 saturated heterocycles. The number of pyridine rings is 1. The molecule has 1 amide bonds. The molecule has 0 aliphatic carbocycles. The van der Waals surface area contributed by atoms with Crippen LogP contribution < -0.4 is 15.1 Å². The molecule has 0 aromatic carbocycles. The van der Waals surface area contributed by atoms with Crippen molar-refractivity contribution in [2.24, 2.45) is 0 Å². The van der Waals surface area contributed by atoms with E-state index in [0.717, 1.165) is 43.5 Å². The molecule has 4 heterocycles. The molecule has 0 bridgehead atoms. The van der Waals surface area contributed by atoms with E-state index in [0.29, 0.717) is 22.2 Å². The number of aryl methyl sites for hydroxylation is 1. The van der Waals surface area contributed by atoms with E-state index in [2.05, 4.69) is 39.7 Å². The van der Waals surface area contributed by atoms with Crippen molar-refractivity contribution < 1.29 is 4.79 Å². The summed E-state index contributed by atoms with van der Waals surface area (Å²) in [6.45, 7) is 5.09. The molecule has 138 valence electrons. The van der Waals surface area contributed by atoms with Crippen LogP contribution in [-0.4, -0.2) is 56.6 Å². The second kappa shape index (κ2) is 7.62. The zero-order chi connectivity index (χ0) is 18.6. The molecule has 3 aromatic rings. The van der Waals surface area contributed by atoms with Crippen LogP contribution in [0.2, 0.25) is 0 Å². The van der Waals surface area contributed by atoms with Gasteiger partial charge < -0.3 is 15.1 Å². The van der Waals surface area contributed by atoms with Gasteiger partial charge in [-0.25, -0.2) is 15.0 Å². The van der Waals surface area contributed by atoms with Crippen LogP contribution in [0.25, 0.3) is 0 Å². The average molecular weight is 382 g/mol. The van der Waals surface area contributed by atoms with Crippen molar-refractivity contribution in [3.63, 3.8) is 0 Å². The fourth-order valence-corrected chi connectivity index (χ4v) is 3.40. The average Bonchev–Trinajstić information content (AvgIpc) is 3.15. The van der Waals surface area contributed by atoms with Gasteiger partial charge in [-0.15, -0.1) is 5.10 Å². The van der Waals surface area contributed by atoms with Crippen LogP contribution in [-0.2, 0) is 0 Å². The highest BCUT2D eigenvalue weighted by Crippen LogP contribution is 2.17. The molecule has 1 aliphatic rings. The van der Waals surface area contributed by atoms with E-state index >= 15 is 0 Å². The minimum atomic E-state index is -0.247. The van der Waals surface area contributed by atoms with Crippen molar-refractivity contribution >= 4 is 34.9 Å². The molecule has 0 saturated carbocycles. The standard InChI is InChI=1S/C17H18N8OS/c1-12-15(27-23-22-12)16(26)21-13-10-19-17(20-11-13)25-8-6-24(7-9-25)14-4-2-3-5-18-14/h2-5,10-11H,6-9H2,1H3,(H,21,26). The van der Waals surface area contributed by atoms with E-state index < -0.39 is 0 Å². The van der Waals surface area contributed by atoms with E-state index in [1.807, 2.05) is 24.4 Å². The van der Waals surface area contributed by atoms with Gasteiger partial charge in [-0.3, -0.25) is 4.79 Å². The Hall–Kier alpha value is -3.14. The number of hydrogen-bond acceptors (Lipinski definition) is 9. The first-order valence-electron chi connectivity index (χ1n) is 8.54. The molecule has 27 heavy (non-hydrogen) atoms. The summed E-state index contributed by atoms with van der Waals surface area (Å²) in [5.74, 6) is 1.40. The number of piperazine rings is 1. The highest BCUT2D eigenvalue weighted by Gasteiger charge is 2.20. The van der Waals surface area contributed by atoms with Gasteiger partial charge in [0.2, 0.25) is 5.95 Å². The van der Waals surface area contributed by atoms with Gasteiger partial charge in [0.1, 0.15) is 10.7 Å². The van der Waals surface area contributed by atoms with Gasteiger partial charge in [0.05, 0.1) is 23.8 Å². The summed E-state index contributed by atoms with van der Waals surface area (Å²) >= 11 is 1.07. The van der Waals surface area contributed by atoms with E-state index in [9.17, 15) is 4.79 Å². The molecule has 1 N–H and O–H groups in total. The third-order valence-corrected chi connectivity index (χ3v) is 5.12. The van der Waals surface area contributed by atoms with E-state index in [-0.39, 0.29) is 5.91 Å². The summed E-state index contributed by atoms with van der Waals surface area (Å²) in [4.78, 5) is 30.2. The maximum atomic E-state index is 12.2. The first-order chi connectivity index (χ1) is 13.2. The largest absolute Gasteiger partial charge is 0.353 e. The summed E-state index contributed by atoms with van der Waals surface area (Å²) < 4.78 is 3.77. The number of nitrogens with one attached hydrogen (secondary N) is 1. The second-order valence-electron chi connectivity index (χ2n) is 6.08. The topological polar surface area (TPSA) is 100 Å². The van der Waals surface area contributed by atoms with Crippen molar-refractivity contribution in [1.29, 1.82) is 0 Å². The van der Waals surface area contributed by atoms with Crippen LogP contribution in [0.15, 0.2) is 36.8 Å². The number of aromatic nitrogens is 5. The van der Waals surface area contributed by atoms with Crippen molar-refractivity contribution in [1.82, 2.24) is 24.5 Å². The fraction of sp³-hybridized carbons (Fsp3) is 0.294. The van der Waals surface area contributed by atoms with Crippen LogP contribution in [0.5, 0.6) is 0 Å². The fourth-order valence-electron chi connectivity index (χ4n) is 2.85. The monoisotopic (exact) mass is 382 g/mol. The predicted molar refractivity (Wildman–Crippen MR) is 103 cm³/mol. The second-order valence-corrected chi connectivity index (χ2v) is 6.83. The Kier molecular flexibility index (Phi) is 4.88. The summed E-state index contributed by atoms with van der Waals surface area (Å²) in [5, 5.41) is 6.62. The Morgan fingerprint density at radius 3 is 2.44 bits per heavy atom. The number of amides is 1. The van der Waals surface area contributed by atoms with E-state index in [1.54, 1.807) is 19.3 Å². The zero-order valence-corrected chi connectivity index (χ0v) is 15.6. The number of nitrogens with zero attached hydrogens (tertiary/aromatic N) is 7. The molecule has 1 aliphatic heterocycles. The Bertz CT molecular complexity index is 906. The molecular formula is C17H18N8OS. The molecule has 10 heteroatoms.